The van der Waals surface area contributed by atoms with Crippen LogP contribution in [0.1, 0.15) is 60.3 Å². The van der Waals surface area contributed by atoms with Gasteiger partial charge >= 0.3 is 0 Å². The van der Waals surface area contributed by atoms with Gasteiger partial charge < -0.3 is 5.32 Å². The zero-order valence-corrected chi connectivity index (χ0v) is 21.6. The number of nitrogens with zero attached hydrogens (tertiary/aromatic N) is 1. The minimum Gasteiger partial charge on any atom is -0.324 e. The van der Waals surface area contributed by atoms with Crippen LogP contribution in [0.4, 0.5) is 5.69 Å². The predicted octanol–water partition coefficient (Wildman–Crippen LogP) is 5.84. The lowest BCUT2D eigenvalue weighted by Gasteiger charge is -2.45. The van der Waals surface area contributed by atoms with Crippen molar-refractivity contribution in [2.24, 2.45) is 11.8 Å². The second-order valence-electron chi connectivity index (χ2n) is 9.97. The van der Waals surface area contributed by atoms with Gasteiger partial charge in [-0.2, -0.15) is 0 Å². The number of likely N-dealkylation sites (tertiary alicyclic amines) is 1. The molecule has 1 N–H and O–H groups in total. The summed E-state index contributed by atoms with van der Waals surface area (Å²) in [6.07, 6.45) is 2.07. The largest absolute Gasteiger partial charge is 0.324 e. The van der Waals surface area contributed by atoms with Crippen molar-refractivity contribution in [1.82, 2.24) is 4.90 Å². The van der Waals surface area contributed by atoms with Crippen molar-refractivity contribution in [3.63, 3.8) is 0 Å². The van der Waals surface area contributed by atoms with Gasteiger partial charge in [0.15, 0.2) is 0 Å². The number of carbonyl (C=O) groups is 3. The number of imide groups is 1. The quantitative estimate of drug-likeness (QED) is 0.398. The number of carbonyl (C=O) groups excluding carboxylic acids is 3. The lowest BCUT2D eigenvalue weighted by molar-refractivity contribution is -0.147. The molecule has 36 heavy (non-hydrogen) atoms. The zero-order chi connectivity index (χ0) is 25.0. The van der Waals surface area contributed by atoms with Crippen molar-refractivity contribution in [3.8, 4) is 0 Å². The van der Waals surface area contributed by atoms with Crippen molar-refractivity contribution in [2.75, 3.05) is 5.32 Å². The molecule has 5 nitrogen and oxygen atoms in total. The first-order chi connectivity index (χ1) is 17.5. The highest BCUT2D eigenvalue weighted by atomic mass is 79.9. The Morgan fingerprint density at radius 3 is 1.75 bits per heavy atom. The number of rotatable bonds is 6. The molecular formula is C30H27BrN2O3. The third kappa shape index (κ3) is 3.46. The molecule has 3 aliphatic carbocycles. The van der Waals surface area contributed by atoms with Crippen LogP contribution in [0.3, 0.4) is 0 Å². The Bertz CT molecular complexity index is 1250. The van der Waals surface area contributed by atoms with Crippen LogP contribution in [0.2, 0.25) is 0 Å². The molecule has 0 radical (unpaired) electrons. The van der Waals surface area contributed by atoms with Crippen molar-refractivity contribution in [2.45, 2.75) is 44.1 Å². The summed E-state index contributed by atoms with van der Waals surface area (Å²) in [6, 6.07) is 22.9. The molecule has 1 heterocycles. The number of hydrogen-bond donors (Lipinski definition) is 1. The number of halogens is 1. The second kappa shape index (κ2) is 9.00. The molecular weight excluding hydrogens is 516 g/mol. The summed E-state index contributed by atoms with van der Waals surface area (Å²) in [6.45, 7) is 2.05. The van der Waals surface area contributed by atoms with Crippen molar-refractivity contribution < 1.29 is 14.4 Å². The van der Waals surface area contributed by atoms with E-state index in [0.29, 0.717) is 12.1 Å². The Labute approximate surface area is 219 Å². The summed E-state index contributed by atoms with van der Waals surface area (Å²) >= 11 is 3.41. The summed E-state index contributed by atoms with van der Waals surface area (Å²) in [5.41, 5.74) is 5.18. The lowest BCUT2D eigenvalue weighted by atomic mass is 9.55. The summed E-state index contributed by atoms with van der Waals surface area (Å²) in [4.78, 5) is 43.0. The Hall–Kier alpha value is -3.25. The highest BCUT2D eigenvalue weighted by Crippen LogP contribution is 2.61. The zero-order valence-electron chi connectivity index (χ0n) is 20.0. The number of hydrogen-bond acceptors (Lipinski definition) is 3. The SMILES string of the molecule is CCCC[C@H](C(=O)Nc1ccc(Br)cc1)N1C(=O)[C@@H]2C3c4ccccc4C(c4ccccc43)[C@@H]2C1=O. The average molecular weight is 543 g/mol. The minimum atomic E-state index is -0.829. The van der Waals surface area contributed by atoms with Crippen LogP contribution in [0.5, 0.6) is 0 Å². The molecule has 0 aromatic heterocycles. The Kier molecular flexibility index (Phi) is 5.79. The molecule has 6 heteroatoms. The second-order valence-corrected chi connectivity index (χ2v) is 10.9. The van der Waals surface area contributed by atoms with Gasteiger partial charge in [0, 0.05) is 22.0 Å². The molecule has 1 aliphatic heterocycles. The van der Waals surface area contributed by atoms with E-state index in [2.05, 4.69) is 45.5 Å². The third-order valence-electron chi connectivity index (χ3n) is 8.04. The predicted molar refractivity (Wildman–Crippen MR) is 141 cm³/mol. The van der Waals surface area contributed by atoms with E-state index in [4.69, 9.17) is 0 Å². The van der Waals surface area contributed by atoms with Gasteiger partial charge in [-0.25, -0.2) is 0 Å². The van der Waals surface area contributed by atoms with Gasteiger partial charge in [-0.1, -0.05) is 84.2 Å². The van der Waals surface area contributed by atoms with Crippen LogP contribution in [-0.4, -0.2) is 28.7 Å². The first-order valence-corrected chi connectivity index (χ1v) is 13.4. The molecule has 1 saturated heterocycles. The van der Waals surface area contributed by atoms with E-state index >= 15 is 0 Å². The molecule has 3 aromatic rings. The molecule has 2 bridgehead atoms. The number of benzene rings is 3. The van der Waals surface area contributed by atoms with E-state index < -0.39 is 17.9 Å². The number of nitrogens with one attached hydrogen (secondary N) is 1. The van der Waals surface area contributed by atoms with Gasteiger partial charge in [-0.3, -0.25) is 19.3 Å². The van der Waals surface area contributed by atoms with E-state index in [-0.39, 0.29) is 29.6 Å². The maximum atomic E-state index is 14.1. The molecule has 3 aromatic carbocycles. The smallest absolute Gasteiger partial charge is 0.247 e. The van der Waals surface area contributed by atoms with Crippen molar-refractivity contribution >= 4 is 39.3 Å². The lowest BCUT2D eigenvalue weighted by Crippen LogP contribution is -2.48. The minimum absolute atomic E-state index is 0.171. The monoisotopic (exact) mass is 542 g/mol. The van der Waals surface area contributed by atoms with E-state index in [9.17, 15) is 14.4 Å². The summed E-state index contributed by atoms with van der Waals surface area (Å²) in [5, 5.41) is 2.94. The van der Waals surface area contributed by atoms with Crippen LogP contribution < -0.4 is 5.32 Å². The first kappa shape index (κ1) is 23.2. The fourth-order valence-corrected chi connectivity index (χ4v) is 6.81. The maximum absolute atomic E-state index is 14.1. The number of unbranched alkanes of at least 4 members (excludes halogenated alkanes) is 1. The molecule has 1 fully saturated rings. The van der Waals surface area contributed by atoms with Crippen LogP contribution in [0.25, 0.3) is 0 Å². The van der Waals surface area contributed by atoms with Gasteiger partial charge in [0.25, 0.3) is 0 Å². The fourth-order valence-electron chi connectivity index (χ4n) is 6.54. The molecule has 0 unspecified atom stereocenters. The molecule has 4 aliphatic rings. The van der Waals surface area contributed by atoms with Gasteiger partial charge in [-0.15, -0.1) is 0 Å². The Morgan fingerprint density at radius 1 is 0.833 bits per heavy atom. The van der Waals surface area contributed by atoms with E-state index in [1.54, 1.807) is 12.1 Å². The van der Waals surface area contributed by atoms with Crippen molar-refractivity contribution in [1.29, 1.82) is 0 Å². The topological polar surface area (TPSA) is 66.5 Å². The molecule has 3 atom stereocenters. The summed E-state index contributed by atoms with van der Waals surface area (Å²) < 4.78 is 0.909. The maximum Gasteiger partial charge on any atom is 0.247 e. The van der Waals surface area contributed by atoms with Gasteiger partial charge in [0.05, 0.1) is 11.8 Å². The fraction of sp³-hybridized carbons (Fsp3) is 0.300. The highest BCUT2D eigenvalue weighted by Gasteiger charge is 2.62. The van der Waals surface area contributed by atoms with E-state index in [1.165, 1.54) is 4.90 Å². The van der Waals surface area contributed by atoms with Crippen LogP contribution >= 0.6 is 15.9 Å². The van der Waals surface area contributed by atoms with Crippen LogP contribution in [0, 0.1) is 11.8 Å². The normalized spacial score (nSPS) is 24.2. The summed E-state index contributed by atoms with van der Waals surface area (Å²) in [5.74, 6) is -2.03. The average Bonchev–Trinajstić information content (AvgIpc) is 3.16. The Balaban J connectivity index is 1.39. The van der Waals surface area contributed by atoms with Gasteiger partial charge in [0.1, 0.15) is 6.04 Å². The molecule has 0 spiro atoms. The van der Waals surface area contributed by atoms with Gasteiger partial charge in [0.2, 0.25) is 17.7 Å². The summed E-state index contributed by atoms with van der Waals surface area (Å²) in [7, 11) is 0. The van der Waals surface area contributed by atoms with E-state index in [1.807, 2.05) is 43.3 Å². The number of anilines is 1. The van der Waals surface area contributed by atoms with E-state index in [0.717, 1.165) is 39.6 Å². The standard InChI is InChI=1S/C30H27BrN2O3/c1-2-3-12-23(28(34)32-18-15-13-17(31)14-16-18)33-29(35)26-24-19-8-4-5-9-20(19)25(27(26)30(33)36)22-11-7-6-10-21(22)24/h4-11,13-16,23-27H,2-3,12H2,1H3,(H,32,34)/t23-,24?,25?,26-,27+/m1/s1. The number of amides is 3. The molecule has 0 saturated carbocycles. The van der Waals surface area contributed by atoms with Crippen molar-refractivity contribution in [3.05, 3.63) is 99.5 Å². The van der Waals surface area contributed by atoms with Gasteiger partial charge in [-0.05, 0) is 52.9 Å². The van der Waals surface area contributed by atoms with Crippen LogP contribution in [-0.2, 0) is 14.4 Å². The molecule has 7 rings (SSSR count). The third-order valence-corrected chi connectivity index (χ3v) is 8.57. The van der Waals surface area contributed by atoms with Crippen LogP contribution in [0.15, 0.2) is 77.3 Å². The highest BCUT2D eigenvalue weighted by molar-refractivity contribution is 9.10. The first-order valence-electron chi connectivity index (χ1n) is 12.6. The Morgan fingerprint density at radius 2 is 1.31 bits per heavy atom. The molecule has 182 valence electrons. The molecule has 3 amide bonds.